The van der Waals surface area contributed by atoms with E-state index in [2.05, 4.69) is 11.4 Å². The minimum Gasteiger partial charge on any atom is -0.490 e. The lowest BCUT2D eigenvalue weighted by Gasteiger charge is -2.23. The molecule has 2 aliphatic rings. The molecular weight excluding hydrogens is 254 g/mol. The van der Waals surface area contributed by atoms with Crippen molar-refractivity contribution in [2.24, 2.45) is 0 Å². The molecule has 4 heteroatoms. The molecule has 1 fully saturated rings. The van der Waals surface area contributed by atoms with Crippen LogP contribution < -0.4 is 14.8 Å². The predicted octanol–water partition coefficient (Wildman–Crippen LogP) is 2.51. The van der Waals surface area contributed by atoms with Gasteiger partial charge in [0.15, 0.2) is 11.5 Å². The molecule has 0 radical (unpaired) electrons. The number of para-hydroxylation sites is 1. The van der Waals surface area contributed by atoms with Crippen LogP contribution in [-0.2, 0) is 11.3 Å². The summed E-state index contributed by atoms with van der Waals surface area (Å²) >= 11 is 0. The molecule has 1 aromatic rings. The first-order chi connectivity index (χ1) is 9.93. The van der Waals surface area contributed by atoms with Gasteiger partial charge in [-0.05, 0) is 25.3 Å². The molecule has 0 amide bonds. The molecule has 0 saturated carbocycles. The third-order valence-electron chi connectivity index (χ3n) is 3.81. The van der Waals surface area contributed by atoms with Crippen LogP contribution in [-0.4, -0.2) is 32.5 Å². The Hall–Kier alpha value is -1.26. The van der Waals surface area contributed by atoms with Gasteiger partial charge in [0.25, 0.3) is 0 Å². The average Bonchev–Trinajstić information content (AvgIpc) is 2.74. The fraction of sp³-hybridized carbons (Fsp3) is 0.625. The highest BCUT2D eigenvalue weighted by Gasteiger charge is 2.16. The smallest absolute Gasteiger partial charge is 0.165 e. The third kappa shape index (κ3) is 3.44. The molecule has 1 atom stereocenters. The van der Waals surface area contributed by atoms with Gasteiger partial charge in [-0.2, -0.15) is 0 Å². The van der Waals surface area contributed by atoms with Gasteiger partial charge < -0.3 is 19.5 Å². The first-order valence-electron chi connectivity index (χ1n) is 7.63. The largest absolute Gasteiger partial charge is 0.490 e. The molecule has 110 valence electrons. The molecule has 2 aliphatic heterocycles. The van der Waals surface area contributed by atoms with Crippen molar-refractivity contribution in [3.05, 3.63) is 23.8 Å². The summed E-state index contributed by atoms with van der Waals surface area (Å²) in [6, 6.07) is 6.11. The lowest BCUT2D eigenvalue weighted by molar-refractivity contribution is 0.0167. The maximum atomic E-state index is 5.83. The fourth-order valence-corrected chi connectivity index (χ4v) is 2.73. The summed E-state index contributed by atoms with van der Waals surface area (Å²) in [5, 5.41) is 3.48. The van der Waals surface area contributed by atoms with Gasteiger partial charge in [0.05, 0.1) is 19.3 Å². The maximum Gasteiger partial charge on any atom is 0.165 e. The molecule has 3 rings (SSSR count). The van der Waals surface area contributed by atoms with Crippen LogP contribution in [0.25, 0.3) is 0 Å². The predicted molar refractivity (Wildman–Crippen MR) is 77.3 cm³/mol. The quantitative estimate of drug-likeness (QED) is 0.918. The summed E-state index contributed by atoms with van der Waals surface area (Å²) in [7, 11) is 0. The highest BCUT2D eigenvalue weighted by Crippen LogP contribution is 2.33. The molecule has 0 spiro atoms. The minimum absolute atomic E-state index is 0.364. The fourth-order valence-electron chi connectivity index (χ4n) is 2.73. The van der Waals surface area contributed by atoms with Crippen LogP contribution in [0.1, 0.15) is 31.2 Å². The van der Waals surface area contributed by atoms with Crippen LogP contribution in [0, 0.1) is 0 Å². The zero-order valence-corrected chi connectivity index (χ0v) is 11.9. The number of ether oxygens (including phenoxy) is 3. The number of fused-ring (bicyclic) bond motifs is 1. The van der Waals surface area contributed by atoms with E-state index < -0.39 is 0 Å². The molecular formula is C16H23NO3. The van der Waals surface area contributed by atoms with E-state index in [1.54, 1.807) is 0 Å². The zero-order chi connectivity index (χ0) is 13.6. The summed E-state index contributed by atoms with van der Waals surface area (Å²) < 4.78 is 17.3. The Labute approximate surface area is 120 Å². The number of nitrogens with one attached hydrogen (secondary N) is 1. The number of hydrogen-bond donors (Lipinski definition) is 1. The normalized spacial score (nSPS) is 22.3. The second-order valence-corrected chi connectivity index (χ2v) is 5.41. The van der Waals surface area contributed by atoms with Crippen molar-refractivity contribution in [3.63, 3.8) is 0 Å². The molecule has 0 aliphatic carbocycles. The van der Waals surface area contributed by atoms with Crippen LogP contribution in [0.5, 0.6) is 11.5 Å². The lowest BCUT2D eigenvalue weighted by Crippen LogP contribution is -2.31. The molecule has 4 nitrogen and oxygen atoms in total. The Morgan fingerprint density at radius 3 is 2.90 bits per heavy atom. The van der Waals surface area contributed by atoms with Crippen molar-refractivity contribution >= 4 is 0 Å². The molecule has 2 heterocycles. The summed E-state index contributed by atoms with van der Waals surface area (Å²) in [4.78, 5) is 0. The van der Waals surface area contributed by atoms with E-state index >= 15 is 0 Å². The van der Waals surface area contributed by atoms with Gasteiger partial charge in [0.1, 0.15) is 0 Å². The maximum absolute atomic E-state index is 5.83. The minimum atomic E-state index is 0.364. The van der Waals surface area contributed by atoms with E-state index in [-0.39, 0.29) is 0 Å². The molecule has 1 saturated heterocycles. The standard InChI is InChI=1S/C16H23NO3/c1-2-8-18-14(6-1)12-17-11-13-5-3-7-15-16(13)20-10-4-9-19-15/h3,5,7,14,17H,1-2,4,6,8-12H2. The van der Waals surface area contributed by atoms with Crippen molar-refractivity contribution in [2.45, 2.75) is 38.3 Å². The Morgan fingerprint density at radius 1 is 1.05 bits per heavy atom. The average molecular weight is 277 g/mol. The lowest BCUT2D eigenvalue weighted by atomic mass is 10.1. The molecule has 0 aromatic heterocycles. The second-order valence-electron chi connectivity index (χ2n) is 5.41. The monoisotopic (exact) mass is 277 g/mol. The van der Waals surface area contributed by atoms with E-state index in [1.165, 1.54) is 24.8 Å². The number of hydrogen-bond acceptors (Lipinski definition) is 4. The Bertz CT molecular complexity index is 430. The van der Waals surface area contributed by atoms with E-state index in [1.807, 2.05) is 12.1 Å². The van der Waals surface area contributed by atoms with Crippen LogP contribution in [0.3, 0.4) is 0 Å². The van der Waals surface area contributed by atoms with Crippen molar-refractivity contribution in [3.8, 4) is 11.5 Å². The van der Waals surface area contributed by atoms with Gasteiger partial charge in [0, 0.05) is 31.7 Å². The Balaban J connectivity index is 1.57. The SMILES string of the molecule is c1cc(CNCC2CCCCO2)c2c(c1)OCCCO2. The van der Waals surface area contributed by atoms with Gasteiger partial charge in [0.2, 0.25) is 0 Å². The molecule has 1 unspecified atom stereocenters. The van der Waals surface area contributed by atoms with Crippen LogP contribution >= 0.6 is 0 Å². The van der Waals surface area contributed by atoms with Crippen LogP contribution in [0.15, 0.2) is 18.2 Å². The highest BCUT2D eigenvalue weighted by atomic mass is 16.5. The highest BCUT2D eigenvalue weighted by molar-refractivity contribution is 5.47. The molecule has 0 bridgehead atoms. The van der Waals surface area contributed by atoms with E-state index in [0.717, 1.165) is 50.8 Å². The van der Waals surface area contributed by atoms with Gasteiger partial charge in [-0.1, -0.05) is 12.1 Å². The van der Waals surface area contributed by atoms with Crippen LogP contribution in [0.4, 0.5) is 0 Å². The van der Waals surface area contributed by atoms with Crippen molar-refractivity contribution in [1.29, 1.82) is 0 Å². The van der Waals surface area contributed by atoms with Gasteiger partial charge in [-0.15, -0.1) is 0 Å². The number of benzene rings is 1. The van der Waals surface area contributed by atoms with Crippen molar-refractivity contribution in [1.82, 2.24) is 5.32 Å². The van der Waals surface area contributed by atoms with Crippen molar-refractivity contribution < 1.29 is 14.2 Å². The van der Waals surface area contributed by atoms with Crippen LogP contribution in [0.2, 0.25) is 0 Å². The third-order valence-corrected chi connectivity index (χ3v) is 3.81. The van der Waals surface area contributed by atoms with E-state index in [9.17, 15) is 0 Å². The van der Waals surface area contributed by atoms with Gasteiger partial charge >= 0.3 is 0 Å². The molecule has 1 aromatic carbocycles. The molecule has 20 heavy (non-hydrogen) atoms. The summed E-state index contributed by atoms with van der Waals surface area (Å²) in [6.07, 6.45) is 4.96. The zero-order valence-electron chi connectivity index (χ0n) is 11.9. The first kappa shape index (κ1) is 13.7. The van der Waals surface area contributed by atoms with E-state index in [0.29, 0.717) is 6.10 Å². The topological polar surface area (TPSA) is 39.7 Å². The summed E-state index contributed by atoms with van der Waals surface area (Å²) in [6.45, 7) is 4.08. The Morgan fingerprint density at radius 2 is 2.00 bits per heavy atom. The van der Waals surface area contributed by atoms with Gasteiger partial charge in [-0.3, -0.25) is 0 Å². The van der Waals surface area contributed by atoms with E-state index in [4.69, 9.17) is 14.2 Å². The summed E-state index contributed by atoms with van der Waals surface area (Å²) in [5.74, 6) is 1.78. The Kier molecular flexibility index (Phi) is 4.77. The van der Waals surface area contributed by atoms with Crippen molar-refractivity contribution in [2.75, 3.05) is 26.4 Å². The second kappa shape index (κ2) is 6.95. The number of rotatable bonds is 4. The van der Waals surface area contributed by atoms with Gasteiger partial charge in [-0.25, -0.2) is 0 Å². The molecule has 1 N–H and O–H groups in total. The first-order valence-corrected chi connectivity index (χ1v) is 7.63. The summed E-state index contributed by atoms with van der Waals surface area (Å²) in [5.41, 5.74) is 1.17.